The minimum atomic E-state index is -0.0276. The van der Waals surface area contributed by atoms with Crippen LogP contribution in [0.25, 0.3) is 0 Å². The van der Waals surface area contributed by atoms with Gasteiger partial charge >= 0.3 is 0 Å². The molecule has 4 nitrogen and oxygen atoms in total. The number of aryl methyl sites for hydroxylation is 2. The summed E-state index contributed by atoms with van der Waals surface area (Å²) in [6.45, 7) is 5.08. The number of anilines is 1. The van der Waals surface area contributed by atoms with Gasteiger partial charge in [-0.2, -0.15) is 0 Å². The molecule has 0 fully saturated rings. The lowest BCUT2D eigenvalue weighted by atomic mass is 10.1. The summed E-state index contributed by atoms with van der Waals surface area (Å²) in [6, 6.07) is 27.7. The van der Waals surface area contributed by atoms with Gasteiger partial charge < -0.3 is 10.2 Å². The molecule has 4 aromatic rings. The fourth-order valence-electron chi connectivity index (χ4n) is 3.87. The number of hydrogen-bond donors (Lipinski definition) is 1. The first-order valence-electron chi connectivity index (χ1n) is 11.3. The molecule has 0 saturated carbocycles. The quantitative estimate of drug-likeness (QED) is 0.341. The molecule has 0 spiro atoms. The molecule has 2 amide bonds. The van der Waals surface area contributed by atoms with Crippen molar-refractivity contribution in [1.29, 1.82) is 0 Å². The van der Waals surface area contributed by atoms with Crippen LogP contribution in [0.3, 0.4) is 0 Å². The van der Waals surface area contributed by atoms with E-state index < -0.39 is 0 Å². The Bertz CT molecular complexity index is 1260. The van der Waals surface area contributed by atoms with Crippen LogP contribution in [0.2, 0.25) is 0 Å². The average molecular weight is 469 g/mol. The summed E-state index contributed by atoms with van der Waals surface area (Å²) in [7, 11) is 0. The summed E-state index contributed by atoms with van der Waals surface area (Å²) in [5.74, 6) is -0.0549. The Morgan fingerprint density at radius 3 is 2.12 bits per heavy atom. The second-order valence-electron chi connectivity index (χ2n) is 8.47. The largest absolute Gasteiger partial charge is 0.352 e. The Morgan fingerprint density at radius 1 is 0.794 bits per heavy atom. The van der Waals surface area contributed by atoms with Crippen molar-refractivity contribution in [3.05, 3.63) is 123 Å². The first-order chi connectivity index (χ1) is 16.5. The molecule has 0 radical (unpaired) electrons. The van der Waals surface area contributed by atoms with E-state index in [4.69, 9.17) is 0 Å². The van der Waals surface area contributed by atoms with Crippen LogP contribution in [0.1, 0.15) is 37.5 Å². The van der Waals surface area contributed by atoms with Crippen LogP contribution < -0.4 is 10.2 Å². The second-order valence-corrected chi connectivity index (χ2v) is 9.41. The zero-order chi connectivity index (χ0) is 23.9. The molecule has 0 aliphatic carbocycles. The SMILES string of the molecule is Cc1cccc(CNC(=O)Cc2ccc(N(Cc3cccc(C)c3)C(=O)c3cccs3)cc2)c1. The van der Waals surface area contributed by atoms with Crippen LogP contribution >= 0.6 is 11.3 Å². The highest BCUT2D eigenvalue weighted by Gasteiger charge is 2.19. The summed E-state index contributed by atoms with van der Waals surface area (Å²) in [5.41, 5.74) is 6.21. The third kappa shape index (κ3) is 6.21. The van der Waals surface area contributed by atoms with Crippen LogP contribution in [0.15, 0.2) is 90.3 Å². The van der Waals surface area contributed by atoms with E-state index in [1.54, 1.807) is 4.90 Å². The normalized spacial score (nSPS) is 10.6. The maximum absolute atomic E-state index is 13.3. The zero-order valence-corrected chi connectivity index (χ0v) is 20.3. The number of nitrogens with zero attached hydrogens (tertiary/aromatic N) is 1. The molecule has 1 heterocycles. The Morgan fingerprint density at radius 2 is 1.47 bits per heavy atom. The Labute approximate surface area is 204 Å². The number of benzene rings is 3. The van der Waals surface area contributed by atoms with E-state index in [-0.39, 0.29) is 11.8 Å². The van der Waals surface area contributed by atoms with Crippen LogP contribution in [0, 0.1) is 13.8 Å². The van der Waals surface area contributed by atoms with Crippen molar-refractivity contribution in [1.82, 2.24) is 5.32 Å². The van der Waals surface area contributed by atoms with E-state index in [9.17, 15) is 9.59 Å². The van der Waals surface area contributed by atoms with Crippen molar-refractivity contribution in [3.8, 4) is 0 Å². The molecule has 1 aromatic heterocycles. The predicted molar refractivity (Wildman–Crippen MR) is 139 cm³/mol. The third-order valence-corrected chi connectivity index (χ3v) is 6.44. The fraction of sp³-hybridized carbons (Fsp3) is 0.172. The Kier molecular flexibility index (Phi) is 7.55. The smallest absolute Gasteiger partial charge is 0.268 e. The summed E-state index contributed by atoms with van der Waals surface area (Å²) in [5, 5.41) is 4.90. The molecule has 172 valence electrons. The maximum atomic E-state index is 13.3. The third-order valence-electron chi connectivity index (χ3n) is 5.59. The molecule has 5 heteroatoms. The summed E-state index contributed by atoms with van der Waals surface area (Å²) < 4.78 is 0. The minimum absolute atomic E-state index is 0.0273. The molecule has 0 aliphatic rings. The van der Waals surface area contributed by atoms with Gasteiger partial charge in [-0.3, -0.25) is 9.59 Å². The van der Waals surface area contributed by atoms with Gasteiger partial charge in [-0.15, -0.1) is 11.3 Å². The van der Waals surface area contributed by atoms with Crippen LogP contribution in [0.5, 0.6) is 0 Å². The van der Waals surface area contributed by atoms with Gasteiger partial charge in [0, 0.05) is 12.2 Å². The van der Waals surface area contributed by atoms with E-state index in [0.29, 0.717) is 24.4 Å². The number of rotatable bonds is 8. The highest BCUT2D eigenvalue weighted by Crippen LogP contribution is 2.23. The van der Waals surface area contributed by atoms with Gasteiger partial charge in [-0.1, -0.05) is 77.9 Å². The lowest BCUT2D eigenvalue weighted by Gasteiger charge is -2.23. The number of carbonyl (C=O) groups is 2. The molecular weight excluding hydrogens is 440 g/mol. The van der Waals surface area contributed by atoms with Crippen molar-refractivity contribution in [2.75, 3.05) is 4.90 Å². The standard InChI is InChI=1S/C29H28N2O2S/c1-21-6-3-8-24(16-21)19-30-28(32)18-23-11-13-26(14-12-23)31(29(33)27-10-5-15-34-27)20-25-9-4-7-22(2)17-25/h3-17H,18-20H2,1-2H3,(H,30,32). The van der Waals surface area contributed by atoms with Crippen molar-refractivity contribution >= 4 is 28.8 Å². The van der Waals surface area contributed by atoms with E-state index in [2.05, 4.69) is 17.4 Å². The number of hydrogen-bond acceptors (Lipinski definition) is 3. The van der Waals surface area contributed by atoms with Gasteiger partial charge in [-0.25, -0.2) is 0 Å². The van der Waals surface area contributed by atoms with Gasteiger partial charge in [-0.05, 0) is 54.1 Å². The molecule has 0 unspecified atom stereocenters. The Balaban J connectivity index is 1.46. The molecule has 0 bridgehead atoms. The Hall–Kier alpha value is -3.70. The first kappa shape index (κ1) is 23.5. The highest BCUT2D eigenvalue weighted by atomic mass is 32.1. The molecule has 0 aliphatic heterocycles. The lowest BCUT2D eigenvalue weighted by Crippen LogP contribution is -2.30. The van der Waals surface area contributed by atoms with E-state index in [1.807, 2.05) is 92.0 Å². The van der Waals surface area contributed by atoms with Gasteiger partial charge in [0.1, 0.15) is 0 Å². The molecule has 34 heavy (non-hydrogen) atoms. The molecular formula is C29H28N2O2S. The summed E-state index contributed by atoms with van der Waals surface area (Å²) in [4.78, 5) is 28.2. The summed E-state index contributed by atoms with van der Waals surface area (Å²) in [6.07, 6.45) is 0.294. The molecule has 4 rings (SSSR count). The number of amides is 2. The minimum Gasteiger partial charge on any atom is -0.352 e. The molecule has 0 saturated heterocycles. The van der Waals surface area contributed by atoms with Crippen LogP contribution in [0.4, 0.5) is 5.69 Å². The predicted octanol–water partition coefficient (Wildman–Crippen LogP) is 6.07. The molecule has 1 N–H and O–H groups in total. The topological polar surface area (TPSA) is 49.4 Å². The first-order valence-corrected chi connectivity index (χ1v) is 12.2. The van der Waals surface area contributed by atoms with Crippen molar-refractivity contribution < 1.29 is 9.59 Å². The monoisotopic (exact) mass is 468 g/mol. The van der Waals surface area contributed by atoms with Gasteiger partial charge in [0.2, 0.25) is 5.91 Å². The van der Waals surface area contributed by atoms with Gasteiger partial charge in [0.25, 0.3) is 5.91 Å². The van der Waals surface area contributed by atoms with Crippen LogP contribution in [-0.2, 0) is 24.3 Å². The number of nitrogens with one attached hydrogen (secondary N) is 1. The zero-order valence-electron chi connectivity index (χ0n) is 19.5. The maximum Gasteiger partial charge on any atom is 0.268 e. The van der Waals surface area contributed by atoms with E-state index >= 15 is 0 Å². The van der Waals surface area contributed by atoms with Gasteiger partial charge in [0.05, 0.1) is 17.8 Å². The van der Waals surface area contributed by atoms with Gasteiger partial charge in [0.15, 0.2) is 0 Å². The molecule has 0 atom stereocenters. The number of thiophene rings is 1. The van der Waals surface area contributed by atoms with Crippen LogP contribution in [-0.4, -0.2) is 11.8 Å². The van der Waals surface area contributed by atoms with E-state index in [0.717, 1.165) is 27.9 Å². The van der Waals surface area contributed by atoms with Crippen molar-refractivity contribution in [2.45, 2.75) is 33.4 Å². The summed E-state index contributed by atoms with van der Waals surface area (Å²) >= 11 is 1.44. The fourth-order valence-corrected chi connectivity index (χ4v) is 4.54. The molecule has 3 aromatic carbocycles. The van der Waals surface area contributed by atoms with Crippen molar-refractivity contribution in [2.24, 2.45) is 0 Å². The number of carbonyl (C=O) groups excluding carboxylic acids is 2. The lowest BCUT2D eigenvalue weighted by molar-refractivity contribution is -0.120. The highest BCUT2D eigenvalue weighted by molar-refractivity contribution is 7.12. The van der Waals surface area contributed by atoms with E-state index in [1.165, 1.54) is 16.9 Å². The average Bonchev–Trinajstić information content (AvgIpc) is 3.37. The second kappa shape index (κ2) is 10.9. The van der Waals surface area contributed by atoms with Crippen molar-refractivity contribution in [3.63, 3.8) is 0 Å².